The molecule has 0 bridgehead atoms. The van der Waals surface area contributed by atoms with Crippen molar-refractivity contribution in [3.05, 3.63) is 29.1 Å². The highest BCUT2D eigenvalue weighted by Crippen LogP contribution is 2.28. The van der Waals surface area contributed by atoms with Gasteiger partial charge >= 0.3 is 0 Å². The van der Waals surface area contributed by atoms with Crippen LogP contribution in [0.4, 0.5) is 10.1 Å². The molecule has 0 saturated carbocycles. The smallest absolute Gasteiger partial charge is 0.126 e. The first-order valence-electron chi connectivity index (χ1n) is 6.77. The van der Waals surface area contributed by atoms with Crippen LogP contribution in [-0.4, -0.2) is 33.9 Å². The Morgan fingerprint density at radius 2 is 2.11 bits per heavy atom. The van der Waals surface area contributed by atoms with Crippen LogP contribution in [0.2, 0.25) is 0 Å². The minimum atomic E-state index is -0.154. The van der Waals surface area contributed by atoms with E-state index < -0.39 is 0 Å². The third-order valence-corrected chi connectivity index (χ3v) is 3.39. The van der Waals surface area contributed by atoms with Gasteiger partial charge in [-0.2, -0.15) is 0 Å². The zero-order valence-corrected chi connectivity index (χ0v) is 12.6. The van der Waals surface area contributed by atoms with E-state index in [-0.39, 0.29) is 11.9 Å². The molecule has 108 valence electrons. The fourth-order valence-electron chi connectivity index (χ4n) is 1.98. The van der Waals surface area contributed by atoms with Crippen LogP contribution in [0.1, 0.15) is 31.0 Å². The molecule has 3 nitrogen and oxygen atoms in total. The first-order chi connectivity index (χ1) is 9.01. The van der Waals surface area contributed by atoms with E-state index in [4.69, 9.17) is 4.74 Å². The number of hydrogen-bond acceptors (Lipinski definition) is 3. The predicted molar refractivity (Wildman–Crippen MR) is 78.4 cm³/mol. The van der Waals surface area contributed by atoms with Gasteiger partial charge in [-0.15, -0.1) is 0 Å². The minimum absolute atomic E-state index is 0.111. The standard InChI is InChI=1S/C15H25FN2O/c1-6-19-8-7-18(5)15-9-11(2)14(16)10-13(15)12(3)17-4/h9-10,12,17H,6-8H2,1-5H3. The van der Waals surface area contributed by atoms with Gasteiger partial charge in [-0.3, -0.25) is 0 Å². The van der Waals surface area contributed by atoms with Crippen LogP contribution >= 0.6 is 0 Å². The van der Waals surface area contributed by atoms with Gasteiger partial charge in [-0.25, -0.2) is 4.39 Å². The fourth-order valence-corrected chi connectivity index (χ4v) is 1.98. The molecule has 0 radical (unpaired) electrons. The predicted octanol–water partition coefficient (Wildman–Crippen LogP) is 2.89. The number of halogens is 1. The number of benzene rings is 1. The van der Waals surface area contributed by atoms with Crippen LogP contribution in [0.5, 0.6) is 0 Å². The molecular weight excluding hydrogens is 243 g/mol. The van der Waals surface area contributed by atoms with Crippen molar-refractivity contribution in [3.63, 3.8) is 0 Å². The van der Waals surface area contributed by atoms with Crippen LogP contribution in [0.3, 0.4) is 0 Å². The maximum Gasteiger partial charge on any atom is 0.126 e. The summed E-state index contributed by atoms with van der Waals surface area (Å²) in [6, 6.07) is 3.65. The molecule has 1 atom stereocenters. The van der Waals surface area contributed by atoms with Gasteiger partial charge in [0.2, 0.25) is 0 Å². The van der Waals surface area contributed by atoms with Gasteiger partial charge in [0.15, 0.2) is 0 Å². The van der Waals surface area contributed by atoms with Crippen LogP contribution < -0.4 is 10.2 Å². The molecule has 0 heterocycles. The van der Waals surface area contributed by atoms with Crippen molar-refractivity contribution in [3.8, 4) is 0 Å². The zero-order valence-electron chi connectivity index (χ0n) is 12.6. The number of aryl methyl sites for hydroxylation is 1. The lowest BCUT2D eigenvalue weighted by molar-refractivity contribution is 0.154. The van der Waals surface area contributed by atoms with Crippen molar-refractivity contribution in [2.75, 3.05) is 38.8 Å². The lowest BCUT2D eigenvalue weighted by Crippen LogP contribution is -2.26. The average Bonchev–Trinajstić information content (AvgIpc) is 2.40. The quantitative estimate of drug-likeness (QED) is 0.770. The van der Waals surface area contributed by atoms with Gasteiger partial charge in [-0.05, 0) is 51.1 Å². The fraction of sp³-hybridized carbons (Fsp3) is 0.600. The lowest BCUT2D eigenvalue weighted by Gasteiger charge is -2.25. The third-order valence-electron chi connectivity index (χ3n) is 3.39. The van der Waals surface area contributed by atoms with Crippen LogP contribution in [0.25, 0.3) is 0 Å². The van der Waals surface area contributed by atoms with Gasteiger partial charge in [0, 0.05) is 31.9 Å². The van der Waals surface area contributed by atoms with Crippen molar-refractivity contribution in [2.45, 2.75) is 26.8 Å². The molecule has 0 aliphatic carbocycles. The Morgan fingerprint density at radius 3 is 2.68 bits per heavy atom. The summed E-state index contributed by atoms with van der Waals surface area (Å²) >= 11 is 0. The summed E-state index contributed by atoms with van der Waals surface area (Å²) in [4.78, 5) is 2.12. The minimum Gasteiger partial charge on any atom is -0.380 e. The second-order valence-electron chi connectivity index (χ2n) is 4.79. The number of ether oxygens (including phenoxy) is 1. The van der Waals surface area contributed by atoms with Gasteiger partial charge in [0.1, 0.15) is 5.82 Å². The summed E-state index contributed by atoms with van der Waals surface area (Å²) in [5, 5.41) is 3.17. The number of likely N-dealkylation sites (N-methyl/N-ethyl adjacent to an activating group) is 1. The summed E-state index contributed by atoms with van der Waals surface area (Å²) in [7, 11) is 3.89. The van der Waals surface area contributed by atoms with E-state index in [2.05, 4.69) is 10.2 Å². The SMILES string of the molecule is CCOCCN(C)c1cc(C)c(F)cc1C(C)NC. The number of nitrogens with one attached hydrogen (secondary N) is 1. The van der Waals surface area contributed by atoms with Crippen molar-refractivity contribution in [2.24, 2.45) is 0 Å². The molecule has 1 aromatic carbocycles. The summed E-state index contributed by atoms with van der Waals surface area (Å²) in [6.07, 6.45) is 0. The molecule has 0 aliphatic rings. The Bertz CT molecular complexity index is 409. The van der Waals surface area contributed by atoms with E-state index in [0.717, 1.165) is 24.4 Å². The molecule has 0 aliphatic heterocycles. The molecule has 1 unspecified atom stereocenters. The molecule has 1 N–H and O–H groups in total. The molecule has 4 heteroatoms. The molecule has 1 rings (SSSR count). The second kappa shape index (κ2) is 7.46. The third kappa shape index (κ3) is 4.18. The molecule has 0 fully saturated rings. The summed E-state index contributed by atoms with van der Waals surface area (Å²) in [6.45, 7) is 8.00. The van der Waals surface area contributed by atoms with Crippen molar-refractivity contribution in [1.82, 2.24) is 5.32 Å². The van der Waals surface area contributed by atoms with Gasteiger partial charge in [0.05, 0.1) is 6.61 Å². The highest BCUT2D eigenvalue weighted by molar-refractivity contribution is 5.56. The van der Waals surface area contributed by atoms with Crippen LogP contribution in [0.15, 0.2) is 12.1 Å². The molecular formula is C15H25FN2O. The van der Waals surface area contributed by atoms with E-state index >= 15 is 0 Å². The maximum atomic E-state index is 13.8. The number of nitrogens with zero attached hydrogens (tertiary/aromatic N) is 1. The molecule has 0 aromatic heterocycles. The van der Waals surface area contributed by atoms with E-state index in [1.165, 1.54) is 0 Å². The molecule has 1 aromatic rings. The lowest BCUT2D eigenvalue weighted by atomic mass is 10.0. The molecule has 0 saturated heterocycles. The Labute approximate surface area is 115 Å². The molecule has 19 heavy (non-hydrogen) atoms. The van der Waals surface area contributed by atoms with Crippen LogP contribution in [0, 0.1) is 12.7 Å². The molecule has 0 amide bonds. The topological polar surface area (TPSA) is 24.5 Å². The van der Waals surface area contributed by atoms with Crippen molar-refractivity contribution >= 4 is 5.69 Å². The van der Waals surface area contributed by atoms with Crippen molar-refractivity contribution in [1.29, 1.82) is 0 Å². The summed E-state index contributed by atoms with van der Waals surface area (Å²) < 4.78 is 19.1. The van der Waals surface area contributed by atoms with Crippen molar-refractivity contribution < 1.29 is 9.13 Å². The summed E-state index contributed by atoms with van der Waals surface area (Å²) in [5.74, 6) is -0.154. The average molecular weight is 268 g/mol. The Balaban J connectivity index is 2.99. The summed E-state index contributed by atoms with van der Waals surface area (Å²) in [5.41, 5.74) is 2.70. The van der Waals surface area contributed by atoms with Gasteiger partial charge in [-0.1, -0.05) is 0 Å². The van der Waals surface area contributed by atoms with E-state index in [1.807, 2.05) is 34.0 Å². The maximum absolute atomic E-state index is 13.8. The number of anilines is 1. The number of rotatable bonds is 7. The zero-order chi connectivity index (χ0) is 14.4. The van der Waals surface area contributed by atoms with E-state index in [0.29, 0.717) is 12.2 Å². The largest absolute Gasteiger partial charge is 0.380 e. The van der Waals surface area contributed by atoms with Gasteiger partial charge < -0.3 is 15.0 Å². The van der Waals surface area contributed by atoms with Gasteiger partial charge in [0.25, 0.3) is 0 Å². The second-order valence-corrected chi connectivity index (χ2v) is 4.79. The first-order valence-corrected chi connectivity index (χ1v) is 6.77. The Kier molecular flexibility index (Phi) is 6.25. The highest BCUT2D eigenvalue weighted by atomic mass is 19.1. The number of hydrogen-bond donors (Lipinski definition) is 1. The Morgan fingerprint density at radius 1 is 1.42 bits per heavy atom. The van der Waals surface area contributed by atoms with E-state index in [1.54, 1.807) is 13.0 Å². The highest BCUT2D eigenvalue weighted by Gasteiger charge is 2.15. The van der Waals surface area contributed by atoms with E-state index in [9.17, 15) is 4.39 Å². The first kappa shape index (κ1) is 15.9. The normalized spacial score (nSPS) is 12.5. The molecule has 0 spiro atoms. The van der Waals surface area contributed by atoms with Crippen LogP contribution in [-0.2, 0) is 4.74 Å². The Hall–Kier alpha value is -1.13. The monoisotopic (exact) mass is 268 g/mol.